The summed E-state index contributed by atoms with van der Waals surface area (Å²) in [7, 11) is 0. The van der Waals surface area contributed by atoms with E-state index in [1.165, 1.54) is 60.5 Å². The zero-order valence-electron chi connectivity index (χ0n) is 37.5. The highest BCUT2D eigenvalue weighted by molar-refractivity contribution is 5.93. The van der Waals surface area contributed by atoms with Crippen LogP contribution in [0.3, 0.4) is 0 Å². The Morgan fingerprint density at radius 3 is 1.71 bits per heavy atom. The molecule has 0 fully saturated rings. The Labute approximate surface area is 351 Å². The summed E-state index contributed by atoms with van der Waals surface area (Å²) in [4.78, 5) is 38.7. The number of ether oxygens (including phenoxy) is 1. The smallest absolute Gasteiger partial charge is 0.244 e. The molecule has 2 aliphatic rings. The van der Waals surface area contributed by atoms with Gasteiger partial charge in [0.15, 0.2) is 0 Å². The van der Waals surface area contributed by atoms with Gasteiger partial charge in [0.05, 0.1) is 19.8 Å². The summed E-state index contributed by atoms with van der Waals surface area (Å²) in [5, 5.41) is 17.5. The van der Waals surface area contributed by atoms with Gasteiger partial charge in [-0.15, -0.1) is 0 Å². The lowest BCUT2D eigenvalue weighted by Gasteiger charge is -2.33. The van der Waals surface area contributed by atoms with E-state index >= 15 is 0 Å². The van der Waals surface area contributed by atoms with Crippen molar-refractivity contribution in [3.8, 4) is 0 Å². The Kier molecular flexibility index (Phi) is 22.3. The third-order valence-corrected chi connectivity index (χ3v) is 10.9. The standard InChI is InChI=1S/C50H75N3O5/c1-37(24-26-43-41(5)21-15-28-49(43,7)8)17-13-19-39(3)35-46(55)51-30-12-11-23-45(48(57)52-31-33-58-34-32-54)53-47(56)36-40(4)20-14-18-38(2)25-27-44-42(6)22-16-29-50(44,9)10/h13-14,17-20,24-27,35-36,45,54H,11-12,15-16,21-23,28-34H2,1-10H3,(H,51,55)(H,52,57)(H,53,56)/b19-13+,20-14+,26-24+,27-25+,37-17+,38-18+,39-35+,40-36+. The van der Waals surface area contributed by atoms with Crippen LogP contribution in [0, 0.1) is 10.8 Å². The van der Waals surface area contributed by atoms with E-state index in [4.69, 9.17) is 9.84 Å². The predicted molar refractivity (Wildman–Crippen MR) is 242 cm³/mol. The largest absolute Gasteiger partial charge is 0.394 e. The molecule has 320 valence electrons. The number of hydrogen-bond donors (Lipinski definition) is 4. The number of carbonyl (C=O) groups is 3. The Hall–Kier alpha value is -4.27. The van der Waals surface area contributed by atoms with Crippen molar-refractivity contribution < 1.29 is 24.2 Å². The van der Waals surface area contributed by atoms with Crippen molar-refractivity contribution in [2.24, 2.45) is 10.8 Å². The average Bonchev–Trinajstić information content (AvgIpc) is 3.13. The van der Waals surface area contributed by atoms with Gasteiger partial charge in [-0.25, -0.2) is 0 Å². The quantitative estimate of drug-likeness (QED) is 0.0495. The average molecular weight is 798 g/mol. The number of rotatable bonds is 22. The van der Waals surface area contributed by atoms with Crippen LogP contribution in [-0.4, -0.2) is 61.8 Å². The third-order valence-electron chi connectivity index (χ3n) is 10.9. The Morgan fingerprint density at radius 2 is 1.21 bits per heavy atom. The molecule has 0 heterocycles. The van der Waals surface area contributed by atoms with E-state index in [9.17, 15) is 14.4 Å². The first kappa shape index (κ1) is 49.9. The molecule has 2 aliphatic carbocycles. The summed E-state index contributed by atoms with van der Waals surface area (Å²) in [5.41, 5.74) is 10.0. The van der Waals surface area contributed by atoms with Crippen molar-refractivity contribution in [1.29, 1.82) is 0 Å². The number of unbranched alkanes of at least 4 members (excludes halogenated alkanes) is 1. The Bertz CT molecular complexity index is 1710. The molecule has 8 nitrogen and oxygen atoms in total. The highest BCUT2D eigenvalue weighted by Crippen LogP contribution is 2.41. The molecule has 0 aromatic rings. The van der Waals surface area contributed by atoms with E-state index in [1.54, 1.807) is 6.08 Å². The first-order valence-corrected chi connectivity index (χ1v) is 21.3. The third kappa shape index (κ3) is 19.5. The van der Waals surface area contributed by atoms with Crippen LogP contribution in [-0.2, 0) is 19.1 Å². The second-order valence-electron chi connectivity index (χ2n) is 17.3. The summed E-state index contributed by atoms with van der Waals surface area (Å²) in [6.45, 7) is 22.7. The van der Waals surface area contributed by atoms with Gasteiger partial charge in [0.2, 0.25) is 17.7 Å². The summed E-state index contributed by atoms with van der Waals surface area (Å²) in [6, 6.07) is -0.753. The topological polar surface area (TPSA) is 117 Å². The normalized spacial score (nSPS) is 18.9. The number of amides is 3. The molecule has 0 bridgehead atoms. The SMILES string of the molecule is CC1=C(/C=C/C(C)=C/C=C/C(C)=C/C(=O)NCCCCC(NC(=O)/C=C(C)/C=C/C=C(C)/C=C/C2=C(C)CCCC2(C)C)C(=O)NCCOCCO)C(C)(C)CCC1. The van der Waals surface area contributed by atoms with E-state index in [1.807, 2.05) is 50.3 Å². The first-order chi connectivity index (χ1) is 27.4. The monoisotopic (exact) mass is 798 g/mol. The minimum Gasteiger partial charge on any atom is -0.394 e. The van der Waals surface area contributed by atoms with Gasteiger partial charge in [0.1, 0.15) is 6.04 Å². The van der Waals surface area contributed by atoms with Gasteiger partial charge >= 0.3 is 0 Å². The second-order valence-corrected chi connectivity index (χ2v) is 17.3. The molecule has 0 saturated heterocycles. The fraction of sp³-hybridized carbons (Fsp3) is 0.540. The molecule has 1 atom stereocenters. The number of hydrogen-bond acceptors (Lipinski definition) is 5. The lowest BCUT2D eigenvalue weighted by molar-refractivity contribution is -0.127. The minimum atomic E-state index is -0.753. The fourth-order valence-corrected chi connectivity index (χ4v) is 7.53. The highest BCUT2D eigenvalue weighted by atomic mass is 16.5. The molecule has 0 saturated carbocycles. The molecule has 0 aromatic carbocycles. The minimum absolute atomic E-state index is 0.0933. The molecule has 8 heteroatoms. The fourth-order valence-electron chi connectivity index (χ4n) is 7.53. The molecular weight excluding hydrogens is 723 g/mol. The summed E-state index contributed by atoms with van der Waals surface area (Å²) in [5.74, 6) is -0.839. The molecule has 3 amide bonds. The zero-order valence-corrected chi connectivity index (χ0v) is 37.5. The number of allylic oxidation sites excluding steroid dienone is 18. The van der Waals surface area contributed by atoms with E-state index in [-0.39, 0.29) is 54.9 Å². The maximum atomic E-state index is 13.1. The maximum Gasteiger partial charge on any atom is 0.244 e. The van der Waals surface area contributed by atoms with Crippen LogP contribution in [0.15, 0.2) is 117 Å². The second kappa shape index (κ2) is 26.0. The lowest BCUT2D eigenvalue weighted by atomic mass is 9.72. The van der Waals surface area contributed by atoms with E-state index in [0.717, 1.165) is 28.7 Å². The number of aliphatic hydroxyl groups is 1. The number of aliphatic hydroxyl groups excluding tert-OH is 1. The van der Waals surface area contributed by atoms with E-state index in [2.05, 4.69) is 95.6 Å². The van der Waals surface area contributed by atoms with Gasteiger partial charge in [-0.1, -0.05) is 111 Å². The Morgan fingerprint density at radius 1 is 0.690 bits per heavy atom. The van der Waals surface area contributed by atoms with Crippen LogP contribution in [0.2, 0.25) is 0 Å². The lowest BCUT2D eigenvalue weighted by Crippen LogP contribution is -2.47. The van der Waals surface area contributed by atoms with Crippen LogP contribution in [0.4, 0.5) is 0 Å². The van der Waals surface area contributed by atoms with Crippen LogP contribution in [0.5, 0.6) is 0 Å². The first-order valence-electron chi connectivity index (χ1n) is 21.3. The van der Waals surface area contributed by atoms with Gasteiger partial charge in [0.25, 0.3) is 0 Å². The molecule has 0 aliphatic heterocycles. The van der Waals surface area contributed by atoms with Crippen molar-refractivity contribution in [3.63, 3.8) is 0 Å². The molecule has 58 heavy (non-hydrogen) atoms. The van der Waals surface area contributed by atoms with Crippen molar-refractivity contribution in [2.75, 3.05) is 32.9 Å². The highest BCUT2D eigenvalue weighted by Gasteiger charge is 2.27. The summed E-state index contributed by atoms with van der Waals surface area (Å²) < 4.78 is 5.26. The number of carbonyl (C=O) groups excluding carboxylic acids is 3. The molecule has 2 rings (SSSR count). The van der Waals surface area contributed by atoms with Crippen LogP contribution in [0.1, 0.15) is 127 Å². The van der Waals surface area contributed by atoms with Gasteiger partial charge in [-0.05, 0) is 132 Å². The van der Waals surface area contributed by atoms with Crippen molar-refractivity contribution in [2.45, 2.75) is 133 Å². The van der Waals surface area contributed by atoms with Gasteiger partial charge in [0, 0.05) is 25.2 Å². The molecule has 0 radical (unpaired) electrons. The molecule has 4 N–H and O–H groups in total. The summed E-state index contributed by atoms with van der Waals surface area (Å²) in [6.07, 6.45) is 32.5. The van der Waals surface area contributed by atoms with E-state index in [0.29, 0.717) is 25.8 Å². The van der Waals surface area contributed by atoms with Gasteiger partial charge in [-0.3, -0.25) is 14.4 Å². The van der Waals surface area contributed by atoms with Crippen molar-refractivity contribution in [1.82, 2.24) is 16.0 Å². The van der Waals surface area contributed by atoms with Crippen molar-refractivity contribution in [3.05, 3.63) is 117 Å². The molecule has 1 unspecified atom stereocenters. The molecule has 0 aromatic heterocycles. The van der Waals surface area contributed by atoms with Gasteiger partial charge in [-0.2, -0.15) is 0 Å². The Balaban J connectivity index is 1.91. The zero-order chi connectivity index (χ0) is 43.1. The van der Waals surface area contributed by atoms with Crippen molar-refractivity contribution >= 4 is 17.7 Å². The van der Waals surface area contributed by atoms with Gasteiger partial charge < -0.3 is 25.8 Å². The summed E-state index contributed by atoms with van der Waals surface area (Å²) >= 11 is 0. The van der Waals surface area contributed by atoms with Crippen LogP contribution >= 0.6 is 0 Å². The van der Waals surface area contributed by atoms with E-state index < -0.39 is 6.04 Å². The molecule has 0 spiro atoms. The molecular formula is C50H75N3O5. The maximum absolute atomic E-state index is 13.1. The predicted octanol–water partition coefficient (Wildman–Crippen LogP) is 9.95. The number of nitrogens with one attached hydrogen (secondary N) is 3. The van der Waals surface area contributed by atoms with Crippen LogP contribution < -0.4 is 16.0 Å². The van der Waals surface area contributed by atoms with Crippen LogP contribution in [0.25, 0.3) is 0 Å².